The van der Waals surface area contributed by atoms with Crippen LogP contribution in [0, 0.1) is 12.8 Å². The van der Waals surface area contributed by atoms with E-state index in [1.165, 1.54) is 11.8 Å². The second-order valence-corrected chi connectivity index (χ2v) is 6.58. The minimum atomic E-state index is -0.864. The van der Waals surface area contributed by atoms with Crippen LogP contribution in [0.2, 0.25) is 0 Å². The van der Waals surface area contributed by atoms with Crippen LogP contribution in [-0.2, 0) is 14.4 Å². The second kappa shape index (κ2) is 8.01. The number of anilines is 1. The summed E-state index contributed by atoms with van der Waals surface area (Å²) in [6.07, 6.45) is 0.210. The number of aliphatic carboxylic acids is 1. The minimum absolute atomic E-state index is 0.0268. The number of nitrogens with zero attached hydrogens (tertiary/aromatic N) is 1. The Morgan fingerprint density at radius 3 is 2.70 bits per heavy atom. The molecule has 1 aromatic rings. The third-order valence-electron chi connectivity index (χ3n) is 3.61. The molecule has 6 nitrogen and oxygen atoms in total. The zero-order chi connectivity index (χ0) is 16.8. The molecular formula is C16H20N2O4S. The average Bonchev–Trinajstić information content (AvgIpc) is 2.89. The van der Waals surface area contributed by atoms with Gasteiger partial charge in [0, 0.05) is 31.0 Å². The fourth-order valence-corrected chi connectivity index (χ4v) is 2.97. The summed E-state index contributed by atoms with van der Waals surface area (Å²) in [5.74, 6) is -0.845. The van der Waals surface area contributed by atoms with Gasteiger partial charge in [-0.2, -0.15) is 0 Å². The lowest BCUT2D eigenvalue weighted by molar-refractivity contribution is -0.134. The number of thioether (sulfide) groups is 1. The Balaban J connectivity index is 1.81. The number of carboxylic acids is 1. The standard InChI is InChI=1S/C16H20N2O4S/c1-11-2-4-13(5-3-11)18-9-12(8-14(18)19)16(22)17-6-7-23-10-15(20)21/h2-5,12H,6-10H2,1H3,(H,17,22)(H,20,21). The number of nitrogens with one attached hydrogen (secondary N) is 1. The van der Waals surface area contributed by atoms with Crippen LogP contribution in [0.4, 0.5) is 5.69 Å². The lowest BCUT2D eigenvalue weighted by Gasteiger charge is -2.17. The molecule has 0 saturated carbocycles. The molecule has 2 amide bonds. The molecule has 1 fully saturated rings. The molecule has 0 radical (unpaired) electrons. The van der Waals surface area contributed by atoms with E-state index in [0.29, 0.717) is 18.8 Å². The van der Waals surface area contributed by atoms with E-state index >= 15 is 0 Å². The molecule has 1 atom stereocenters. The average molecular weight is 336 g/mol. The Hall–Kier alpha value is -2.02. The van der Waals surface area contributed by atoms with Crippen molar-refractivity contribution < 1.29 is 19.5 Å². The van der Waals surface area contributed by atoms with E-state index in [0.717, 1.165) is 11.3 Å². The van der Waals surface area contributed by atoms with Crippen LogP contribution in [0.5, 0.6) is 0 Å². The summed E-state index contributed by atoms with van der Waals surface area (Å²) < 4.78 is 0. The lowest BCUT2D eigenvalue weighted by Crippen LogP contribution is -2.34. The van der Waals surface area contributed by atoms with Crippen molar-refractivity contribution in [3.05, 3.63) is 29.8 Å². The van der Waals surface area contributed by atoms with Gasteiger partial charge in [-0.3, -0.25) is 14.4 Å². The van der Waals surface area contributed by atoms with Crippen molar-refractivity contribution in [1.29, 1.82) is 0 Å². The molecule has 7 heteroatoms. The van der Waals surface area contributed by atoms with Crippen LogP contribution >= 0.6 is 11.8 Å². The predicted octanol–water partition coefficient (Wildman–Crippen LogP) is 1.28. The number of hydrogen-bond donors (Lipinski definition) is 2. The molecule has 0 bridgehead atoms. The quantitative estimate of drug-likeness (QED) is 0.733. The summed E-state index contributed by atoms with van der Waals surface area (Å²) in [4.78, 5) is 36.2. The fraction of sp³-hybridized carbons (Fsp3) is 0.438. The summed E-state index contributed by atoms with van der Waals surface area (Å²) >= 11 is 1.25. The Morgan fingerprint density at radius 1 is 1.35 bits per heavy atom. The van der Waals surface area contributed by atoms with Crippen molar-refractivity contribution in [1.82, 2.24) is 5.32 Å². The molecule has 1 aromatic carbocycles. The number of carbonyl (C=O) groups is 3. The SMILES string of the molecule is Cc1ccc(N2CC(C(=O)NCCSCC(=O)O)CC2=O)cc1. The minimum Gasteiger partial charge on any atom is -0.481 e. The maximum atomic E-state index is 12.1. The Bertz CT molecular complexity index is 588. The van der Waals surface area contributed by atoms with E-state index in [4.69, 9.17) is 5.11 Å². The van der Waals surface area contributed by atoms with Gasteiger partial charge in [-0.1, -0.05) is 17.7 Å². The van der Waals surface area contributed by atoms with Crippen molar-refractivity contribution in [3.8, 4) is 0 Å². The van der Waals surface area contributed by atoms with Crippen molar-refractivity contribution in [2.45, 2.75) is 13.3 Å². The molecule has 1 heterocycles. The zero-order valence-electron chi connectivity index (χ0n) is 12.9. The molecule has 124 valence electrons. The first-order valence-electron chi connectivity index (χ1n) is 7.41. The molecule has 1 unspecified atom stereocenters. The molecule has 1 aliphatic rings. The molecule has 1 aliphatic heterocycles. The number of carbonyl (C=O) groups excluding carboxylic acids is 2. The van der Waals surface area contributed by atoms with Gasteiger partial charge in [0.25, 0.3) is 0 Å². The maximum Gasteiger partial charge on any atom is 0.313 e. The van der Waals surface area contributed by atoms with E-state index in [9.17, 15) is 14.4 Å². The summed E-state index contributed by atoms with van der Waals surface area (Å²) in [6.45, 7) is 2.77. The summed E-state index contributed by atoms with van der Waals surface area (Å²) in [6, 6.07) is 7.65. The third-order valence-corrected chi connectivity index (χ3v) is 4.56. The van der Waals surface area contributed by atoms with Gasteiger partial charge in [0.1, 0.15) is 0 Å². The molecule has 0 aromatic heterocycles. The highest BCUT2D eigenvalue weighted by Gasteiger charge is 2.34. The van der Waals surface area contributed by atoms with Crippen molar-refractivity contribution in [2.24, 2.45) is 5.92 Å². The number of rotatable bonds is 7. The van der Waals surface area contributed by atoms with Gasteiger partial charge in [0.05, 0.1) is 11.7 Å². The molecule has 23 heavy (non-hydrogen) atoms. The predicted molar refractivity (Wildman–Crippen MR) is 89.6 cm³/mol. The first kappa shape index (κ1) is 17.3. The van der Waals surface area contributed by atoms with E-state index < -0.39 is 5.97 Å². The topological polar surface area (TPSA) is 86.7 Å². The summed E-state index contributed by atoms with van der Waals surface area (Å²) in [7, 11) is 0. The monoisotopic (exact) mass is 336 g/mol. The van der Waals surface area contributed by atoms with Crippen molar-refractivity contribution >= 4 is 35.2 Å². The zero-order valence-corrected chi connectivity index (χ0v) is 13.8. The van der Waals surface area contributed by atoms with Gasteiger partial charge in [-0.25, -0.2) is 0 Å². The molecule has 0 spiro atoms. The highest BCUT2D eigenvalue weighted by Crippen LogP contribution is 2.25. The first-order chi connectivity index (χ1) is 11.0. The van der Waals surface area contributed by atoms with E-state index in [1.54, 1.807) is 4.90 Å². The number of carboxylic acid groups (broad SMARTS) is 1. The first-order valence-corrected chi connectivity index (χ1v) is 8.57. The van der Waals surface area contributed by atoms with E-state index in [-0.39, 0.29) is 29.9 Å². The number of benzene rings is 1. The van der Waals surface area contributed by atoms with Gasteiger partial charge < -0.3 is 15.3 Å². The van der Waals surface area contributed by atoms with Crippen LogP contribution in [0.1, 0.15) is 12.0 Å². The molecular weight excluding hydrogens is 316 g/mol. The fourth-order valence-electron chi connectivity index (χ4n) is 2.41. The van der Waals surface area contributed by atoms with Crippen LogP contribution in [-0.4, -0.2) is 47.5 Å². The molecule has 2 N–H and O–H groups in total. The van der Waals surface area contributed by atoms with Crippen LogP contribution in [0.25, 0.3) is 0 Å². The summed E-state index contributed by atoms with van der Waals surface area (Å²) in [5, 5.41) is 11.3. The smallest absolute Gasteiger partial charge is 0.313 e. The molecule has 1 saturated heterocycles. The second-order valence-electron chi connectivity index (χ2n) is 5.48. The lowest BCUT2D eigenvalue weighted by atomic mass is 10.1. The van der Waals surface area contributed by atoms with Gasteiger partial charge in [-0.15, -0.1) is 11.8 Å². The van der Waals surface area contributed by atoms with E-state index in [2.05, 4.69) is 5.32 Å². The largest absolute Gasteiger partial charge is 0.481 e. The Morgan fingerprint density at radius 2 is 2.04 bits per heavy atom. The third kappa shape index (κ3) is 4.99. The normalized spacial score (nSPS) is 17.3. The van der Waals surface area contributed by atoms with Gasteiger partial charge in [0.15, 0.2) is 0 Å². The highest BCUT2D eigenvalue weighted by atomic mass is 32.2. The van der Waals surface area contributed by atoms with Crippen molar-refractivity contribution in [2.75, 3.05) is 29.5 Å². The van der Waals surface area contributed by atoms with E-state index in [1.807, 2.05) is 31.2 Å². The molecule has 2 rings (SSSR count). The van der Waals surface area contributed by atoms with Crippen LogP contribution in [0.15, 0.2) is 24.3 Å². The van der Waals surface area contributed by atoms with Gasteiger partial charge >= 0.3 is 5.97 Å². The van der Waals surface area contributed by atoms with Gasteiger partial charge in [-0.05, 0) is 19.1 Å². The Labute approximate surface area is 139 Å². The van der Waals surface area contributed by atoms with Gasteiger partial charge in [0.2, 0.25) is 11.8 Å². The highest BCUT2D eigenvalue weighted by molar-refractivity contribution is 7.99. The van der Waals surface area contributed by atoms with Crippen molar-refractivity contribution in [3.63, 3.8) is 0 Å². The summed E-state index contributed by atoms with van der Waals surface area (Å²) in [5.41, 5.74) is 1.93. The Kier molecular flexibility index (Phi) is 6.04. The molecule has 0 aliphatic carbocycles. The maximum absolute atomic E-state index is 12.1. The van der Waals surface area contributed by atoms with Crippen LogP contribution in [0.3, 0.4) is 0 Å². The van der Waals surface area contributed by atoms with Crippen LogP contribution < -0.4 is 10.2 Å². The number of hydrogen-bond acceptors (Lipinski definition) is 4. The number of aryl methyl sites for hydroxylation is 1. The number of amides is 2.